The summed E-state index contributed by atoms with van der Waals surface area (Å²) in [5, 5.41) is 33.7. The SMILES string of the molecule is C=CCO[C@@]12Oc3ccc(OCCSc4ccccc4)cc3[C@H]3[C@H](CCCCO)[C@@H](CCCCO)C=C(C(=NOC)C[C@@H]1N(CCOCCO)C(=O)OCC)[C@H]32. The number of amides is 1. The molecule has 2 aromatic rings. The molecule has 1 heterocycles. The van der Waals surface area contributed by atoms with Crippen molar-refractivity contribution in [2.24, 2.45) is 22.9 Å². The Bertz CT molecular complexity index is 1590. The summed E-state index contributed by atoms with van der Waals surface area (Å²) in [7, 11) is 1.52. The summed E-state index contributed by atoms with van der Waals surface area (Å²) in [5.74, 6) is 0.301. The van der Waals surface area contributed by atoms with Gasteiger partial charge in [-0.3, -0.25) is 4.90 Å². The van der Waals surface area contributed by atoms with Crippen molar-refractivity contribution in [1.29, 1.82) is 0 Å². The van der Waals surface area contributed by atoms with Gasteiger partial charge in [-0.15, -0.1) is 18.3 Å². The number of allylic oxidation sites excluding steroid dienone is 1. The Labute approximate surface area is 335 Å². The summed E-state index contributed by atoms with van der Waals surface area (Å²) in [6, 6.07) is 15.5. The first-order chi connectivity index (χ1) is 27.5. The quantitative estimate of drug-likeness (QED) is 0.0458. The second-order valence-corrected chi connectivity index (χ2v) is 15.4. The van der Waals surface area contributed by atoms with Gasteiger partial charge in [-0.05, 0) is 80.3 Å². The van der Waals surface area contributed by atoms with E-state index in [0.29, 0.717) is 30.9 Å². The second kappa shape index (κ2) is 22.4. The van der Waals surface area contributed by atoms with Crippen LogP contribution in [0.15, 0.2) is 82.9 Å². The topological polar surface area (TPSA) is 149 Å². The van der Waals surface area contributed by atoms with Crippen molar-refractivity contribution in [3.05, 3.63) is 78.4 Å². The predicted octanol–water partition coefficient (Wildman–Crippen LogP) is 6.59. The zero-order chi connectivity index (χ0) is 39.8. The van der Waals surface area contributed by atoms with E-state index in [9.17, 15) is 20.1 Å². The van der Waals surface area contributed by atoms with Crippen molar-refractivity contribution in [3.8, 4) is 11.5 Å². The molecule has 2 aliphatic carbocycles. The van der Waals surface area contributed by atoms with Crippen molar-refractivity contribution >= 4 is 23.6 Å². The largest absolute Gasteiger partial charge is 0.493 e. The highest BCUT2D eigenvalue weighted by Gasteiger charge is 2.65. The second-order valence-electron chi connectivity index (χ2n) is 14.2. The van der Waals surface area contributed by atoms with Gasteiger partial charge in [0, 0.05) is 48.3 Å². The van der Waals surface area contributed by atoms with Gasteiger partial charge in [-0.25, -0.2) is 4.79 Å². The van der Waals surface area contributed by atoms with Crippen molar-refractivity contribution < 1.29 is 48.6 Å². The minimum absolute atomic E-state index is 0.0821. The highest BCUT2D eigenvalue weighted by atomic mass is 32.2. The number of unbranched alkanes of at least 4 members (excludes halogenated alkanes) is 2. The Hall–Kier alpha value is -3.59. The van der Waals surface area contributed by atoms with Gasteiger partial charge in [-0.2, -0.15) is 0 Å². The molecule has 1 saturated carbocycles. The molecular formula is C43H60N2O10S. The normalized spacial score (nSPS) is 24.3. The van der Waals surface area contributed by atoms with E-state index in [-0.39, 0.29) is 77.0 Å². The number of carbonyl (C=O) groups is 1. The maximum absolute atomic E-state index is 14.0. The summed E-state index contributed by atoms with van der Waals surface area (Å²) in [5.41, 5.74) is 2.62. The number of hydrogen-bond donors (Lipinski definition) is 3. The lowest BCUT2D eigenvalue weighted by Gasteiger charge is -2.59. The first-order valence-electron chi connectivity index (χ1n) is 20.0. The molecule has 3 N–H and O–H groups in total. The molecule has 12 nitrogen and oxygen atoms in total. The van der Waals surface area contributed by atoms with Crippen LogP contribution in [0.4, 0.5) is 4.79 Å². The third kappa shape index (κ3) is 10.5. The van der Waals surface area contributed by atoms with Crippen molar-refractivity contribution in [2.45, 2.75) is 74.5 Å². The van der Waals surface area contributed by atoms with E-state index in [4.69, 9.17) is 28.5 Å². The Morgan fingerprint density at radius 1 is 1.04 bits per heavy atom. The summed E-state index contributed by atoms with van der Waals surface area (Å²) >= 11 is 1.74. The van der Waals surface area contributed by atoms with Crippen LogP contribution in [-0.4, -0.2) is 116 Å². The number of oxime groups is 1. The van der Waals surface area contributed by atoms with Crippen molar-refractivity contribution in [1.82, 2.24) is 4.90 Å². The molecule has 2 aromatic carbocycles. The van der Waals surface area contributed by atoms with Gasteiger partial charge in [0.2, 0.25) is 5.79 Å². The van der Waals surface area contributed by atoms with Crippen LogP contribution in [0.25, 0.3) is 0 Å². The molecule has 0 bridgehead atoms. The molecule has 13 heteroatoms. The molecule has 3 aliphatic rings. The minimum atomic E-state index is -1.41. The molecule has 308 valence electrons. The zero-order valence-corrected chi connectivity index (χ0v) is 33.7. The predicted molar refractivity (Wildman–Crippen MR) is 216 cm³/mol. The van der Waals surface area contributed by atoms with Crippen molar-refractivity contribution in [2.75, 3.05) is 72.3 Å². The lowest BCUT2D eigenvalue weighted by atomic mass is 9.55. The first kappa shape index (κ1) is 43.5. The first-order valence-corrected chi connectivity index (χ1v) is 21.0. The number of rotatable bonds is 24. The van der Waals surface area contributed by atoms with Crippen LogP contribution in [-0.2, 0) is 19.0 Å². The van der Waals surface area contributed by atoms with Gasteiger partial charge in [0.15, 0.2) is 0 Å². The fourth-order valence-corrected chi connectivity index (χ4v) is 9.35. The highest BCUT2D eigenvalue weighted by molar-refractivity contribution is 7.99. The average Bonchev–Trinajstić information content (AvgIpc) is 3.21. The Morgan fingerprint density at radius 3 is 2.54 bits per heavy atom. The van der Waals surface area contributed by atoms with Crippen molar-refractivity contribution in [3.63, 3.8) is 0 Å². The lowest BCUT2D eigenvalue weighted by molar-refractivity contribution is -0.256. The average molecular weight is 797 g/mol. The van der Waals surface area contributed by atoms with E-state index >= 15 is 0 Å². The van der Waals surface area contributed by atoms with E-state index in [1.54, 1.807) is 29.7 Å². The molecule has 0 spiro atoms. The van der Waals surface area contributed by atoms with Gasteiger partial charge in [0.1, 0.15) is 24.7 Å². The highest BCUT2D eigenvalue weighted by Crippen LogP contribution is 2.62. The maximum atomic E-state index is 14.0. The van der Waals surface area contributed by atoms with Gasteiger partial charge in [-0.1, -0.05) is 48.3 Å². The van der Waals surface area contributed by atoms with Gasteiger partial charge in [0.25, 0.3) is 0 Å². The summed E-state index contributed by atoms with van der Waals surface area (Å²) in [6.07, 6.45) is 8.37. The summed E-state index contributed by atoms with van der Waals surface area (Å²) < 4.78 is 31.9. The number of ether oxygens (including phenoxy) is 5. The molecule has 0 radical (unpaired) electrons. The van der Waals surface area contributed by atoms with Crippen LogP contribution in [0.3, 0.4) is 0 Å². The van der Waals surface area contributed by atoms with Gasteiger partial charge >= 0.3 is 6.09 Å². The Balaban J connectivity index is 1.66. The number of thioether (sulfide) groups is 1. The molecule has 0 aromatic heterocycles. The fraction of sp³-hybridized carbons (Fsp3) is 0.581. The summed E-state index contributed by atoms with van der Waals surface area (Å²) in [4.78, 5) is 22.3. The molecule has 1 aliphatic heterocycles. The van der Waals surface area contributed by atoms with E-state index < -0.39 is 23.8 Å². The zero-order valence-electron chi connectivity index (χ0n) is 32.9. The molecule has 5 rings (SSSR count). The van der Waals surface area contributed by atoms with Crippen LogP contribution >= 0.6 is 11.8 Å². The fourth-order valence-electron chi connectivity index (χ4n) is 8.59. The van der Waals surface area contributed by atoms with Crippen LogP contribution in [0, 0.1) is 17.8 Å². The Kier molecular flexibility index (Phi) is 17.4. The maximum Gasteiger partial charge on any atom is 0.410 e. The number of aliphatic hydroxyl groups excluding tert-OH is 3. The summed E-state index contributed by atoms with van der Waals surface area (Å²) in [6.45, 7) is 7.05. The van der Waals surface area contributed by atoms with Crippen LogP contribution in [0.5, 0.6) is 11.5 Å². The van der Waals surface area contributed by atoms with Crippen LogP contribution in [0.1, 0.15) is 63.4 Å². The third-order valence-corrected chi connectivity index (χ3v) is 11.8. The number of benzene rings is 2. The molecule has 1 fully saturated rings. The van der Waals surface area contributed by atoms with Crippen LogP contribution in [0.2, 0.25) is 0 Å². The number of carbonyl (C=O) groups excluding carboxylic acids is 1. The Morgan fingerprint density at radius 2 is 1.82 bits per heavy atom. The smallest absolute Gasteiger partial charge is 0.410 e. The number of hydrogen-bond acceptors (Lipinski definition) is 12. The van der Waals surface area contributed by atoms with Gasteiger partial charge < -0.3 is 43.8 Å². The molecular weight excluding hydrogens is 737 g/mol. The molecule has 0 unspecified atom stereocenters. The number of aliphatic hydroxyl groups is 3. The van der Waals surface area contributed by atoms with Gasteiger partial charge in [0.05, 0.1) is 51.3 Å². The van der Waals surface area contributed by atoms with Crippen LogP contribution < -0.4 is 9.47 Å². The minimum Gasteiger partial charge on any atom is -0.493 e. The molecule has 0 saturated heterocycles. The molecule has 56 heavy (non-hydrogen) atoms. The van der Waals surface area contributed by atoms with E-state index in [1.165, 1.54) is 12.0 Å². The monoisotopic (exact) mass is 796 g/mol. The molecule has 6 atom stereocenters. The van der Waals surface area contributed by atoms with E-state index in [2.05, 4.69) is 36.0 Å². The lowest BCUT2D eigenvalue weighted by Crippen LogP contribution is -2.70. The number of fused-ring (bicyclic) bond motifs is 2. The number of nitrogens with zero attached hydrogens (tertiary/aromatic N) is 2. The van der Waals surface area contributed by atoms with E-state index in [0.717, 1.165) is 48.3 Å². The third-order valence-electron chi connectivity index (χ3n) is 10.8. The van der Waals surface area contributed by atoms with E-state index in [1.807, 2.05) is 30.3 Å². The molecule has 1 amide bonds. The standard InChI is InChI=1S/C43H60N2O10S/c1-4-23-54-43-39(45(42(49)52-5-2)19-24-51-25-22-48)30-37(44-50-3)35-28-31(13-9-11-20-46)34(16-10-12-21-47)40(41(35)43)36-29-32(17-18-38(36)55-43)53-26-27-56-33-14-7-6-8-15-33/h4,6-8,14-15,17-18,28-29,31,34,39-41,46-48H,1,5,9-13,16,19-27,30H2,2-3H3/t31-,34+,39-,40+,41+,43+/m0/s1.